The van der Waals surface area contributed by atoms with Crippen molar-refractivity contribution < 1.29 is 4.79 Å². The fourth-order valence-corrected chi connectivity index (χ4v) is 2.54. The number of carbonyl (C=O) groups excluding carboxylic acids is 1. The highest BCUT2D eigenvalue weighted by Crippen LogP contribution is 2.47. The average Bonchev–Trinajstić information content (AvgIpc) is 2.44. The zero-order valence-corrected chi connectivity index (χ0v) is 6.66. The standard InChI is InChI=1S/C9H13NO/c1-5-6-2-3-7(4-6)8(5)9(10)11/h2-3,5-8H,4H2,1H3,(H2,10,11)/t5-,6+,7-,8-/m1/s1. The molecule has 2 rings (SSSR count). The lowest BCUT2D eigenvalue weighted by Gasteiger charge is -2.20. The maximum atomic E-state index is 11.0. The van der Waals surface area contributed by atoms with Crippen LogP contribution >= 0.6 is 0 Å². The number of allylic oxidation sites excluding steroid dienone is 2. The van der Waals surface area contributed by atoms with E-state index in [0.717, 1.165) is 6.42 Å². The fourth-order valence-electron chi connectivity index (χ4n) is 2.54. The molecule has 0 aromatic rings. The van der Waals surface area contributed by atoms with Gasteiger partial charge in [0.2, 0.25) is 5.91 Å². The Morgan fingerprint density at radius 3 is 2.45 bits per heavy atom. The Morgan fingerprint density at radius 2 is 2.09 bits per heavy atom. The molecule has 0 aliphatic heterocycles. The molecule has 2 aliphatic carbocycles. The van der Waals surface area contributed by atoms with Crippen molar-refractivity contribution in [2.24, 2.45) is 29.4 Å². The van der Waals surface area contributed by atoms with E-state index in [9.17, 15) is 4.79 Å². The number of carbonyl (C=O) groups is 1. The summed E-state index contributed by atoms with van der Waals surface area (Å²) in [5, 5.41) is 0. The van der Waals surface area contributed by atoms with Gasteiger partial charge in [-0.05, 0) is 24.2 Å². The van der Waals surface area contributed by atoms with Gasteiger partial charge in [-0.1, -0.05) is 19.1 Å². The van der Waals surface area contributed by atoms with Crippen LogP contribution in [-0.2, 0) is 4.79 Å². The van der Waals surface area contributed by atoms with Gasteiger partial charge in [0, 0.05) is 5.92 Å². The Morgan fingerprint density at radius 1 is 1.45 bits per heavy atom. The van der Waals surface area contributed by atoms with Gasteiger partial charge in [0.25, 0.3) is 0 Å². The minimum atomic E-state index is -0.116. The highest BCUT2D eigenvalue weighted by atomic mass is 16.1. The van der Waals surface area contributed by atoms with Crippen molar-refractivity contribution in [3.63, 3.8) is 0 Å². The molecule has 0 aromatic carbocycles. The highest BCUT2D eigenvalue weighted by Gasteiger charge is 2.44. The SMILES string of the molecule is C[C@H]1[C@@H](C(N)=O)[C@@H]2C=C[C@H]1C2. The zero-order valence-electron chi connectivity index (χ0n) is 6.66. The van der Waals surface area contributed by atoms with Gasteiger partial charge in [0.15, 0.2) is 0 Å². The number of hydrogen-bond acceptors (Lipinski definition) is 1. The molecule has 4 atom stereocenters. The van der Waals surface area contributed by atoms with Crippen molar-refractivity contribution in [3.8, 4) is 0 Å². The molecule has 0 unspecified atom stereocenters. The third-order valence-electron chi connectivity index (χ3n) is 3.18. The Hall–Kier alpha value is -0.790. The Labute approximate surface area is 66.5 Å². The van der Waals surface area contributed by atoms with Gasteiger partial charge in [-0.2, -0.15) is 0 Å². The lowest BCUT2D eigenvalue weighted by Crippen LogP contribution is -2.31. The van der Waals surface area contributed by atoms with Gasteiger partial charge in [-0.3, -0.25) is 4.79 Å². The van der Waals surface area contributed by atoms with Crippen LogP contribution in [-0.4, -0.2) is 5.91 Å². The Balaban J connectivity index is 2.25. The van der Waals surface area contributed by atoms with Crippen LogP contribution in [0.1, 0.15) is 13.3 Å². The normalized spacial score (nSPS) is 46.6. The van der Waals surface area contributed by atoms with E-state index >= 15 is 0 Å². The summed E-state index contributed by atoms with van der Waals surface area (Å²) >= 11 is 0. The smallest absolute Gasteiger partial charge is 0.221 e. The molecule has 1 fully saturated rings. The van der Waals surface area contributed by atoms with E-state index in [-0.39, 0.29) is 11.8 Å². The maximum Gasteiger partial charge on any atom is 0.221 e. The number of nitrogens with two attached hydrogens (primary N) is 1. The van der Waals surface area contributed by atoms with Gasteiger partial charge in [-0.15, -0.1) is 0 Å². The summed E-state index contributed by atoms with van der Waals surface area (Å²) in [6.07, 6.45) is 5.53. The monoisotopic (exact) mass is 151 g/mol. The van der Waals surface area contributed by atoms with E-state index in [1.54, 1.807) is 0 Å². The first-order valence-corrected chi connectivity index (χ1v) is 4.18. The molecule has 60 valence electrons. The summed E-state index contributed by atoms with van der Waals surface area (Å²) in [6.45, 7) is 2.13. The van der Waals surface area contributed by atoms with E-state index in [4.69, 9.17) is 5.73 Å². The molecule has 1 saturated carbocycles. The lowest BCUT2D eigenvalue weighted by atomic mass is 9.84. The summed E-state index contributed by atoms with van der Waals surface area (Å²) in [7, 11) is 0. The van der Waals surface area contributed by atoms with Crippen molar-refractivity contribution in [2.75, 3.05) is 0 Å². The number of primary amides is 1. The van der Waals surface area contributed by atoms with Gasteiger partial charge >= 0.3 is 0 Å². The van der Waals surface area contributed by atoms with Crippen LogP contribution in [0.4, 0.5) is 0 Å². The molecule has 2 nitrogen and oxygen atoms in total. The summed E-state index contributed by atoms with van der Waals surface area (Å²) in [5.74, 6) is 1.55. The molecule has 2 aliphatic rings. The van der Waals surface area contributed by atoms with Crippen molar-refractivity contribution in [2.45, 2.75) is 13.3 Å². The largest absolute Gasteiger partial charge is 0.369 e. The van der Waals surface area contributed by atoms with Gasteiger partial charge in [0.1, 0.15) is 0 Å². The van der Waals surface area contributed by atoms with Crippen LogP contribution in [0.25, 0.3) is 0 Å². The summed E-state index contributed by atoms with van der Waals surface area (Å²) < 4.78 is 0. The lowest BCUT2D eigenvalue weighted by molar-refractivity contribution is -0.123. The summed E-state index contributed by atoms with van der Waals surface area (Å²) in [6, 6.07) is 0. The van der Waals surface area contributed by atoms with Gasteiger partial charge < -0.3 is 5.73 Å². The molecule has 1 amide bonds. The molecule has 0 spiro atoms. The first kappa shape index (κ1) is 6.89. The van der Waals surface area contributed by atoms with E-state index < -0.39 is 0 Å². The topological polar surface area (TPSA) is 43.1 Å². The van der Waals surface area contributed by atoms with Crippen molar-refractivity contribution in [1.82, 2.24) is 0 Å². The van der Waals surface area contributed by atoms with Crippen LogP contribution in [0, 0.1) is 23.7 Å². The highest BCUT2D eigenvalue weighted by molar-refractivity contribution is 5.78. The van der Waals surface area contributed by atoms with Crippen molar-refractivity contribution in [1.29, 1.82) is 0 Å². The molecule has 11 heavy (non-hydrogen) atoms. The van der Waals surface area contributed by atoms with E-state index in [1.807, 2.05) is 0 Å². The van der Waals surface area contributed by atoms with Crippen molar-refractivity contribution >= 4 is 5.91 Å². The van der Waals surface area contributed by atoms with Gasteiger partial charge in [0.05, 0.1) is 0 Å². The Bertz CT molecular complexity index is 222. The molecule has 0 aromatic heterocycles. The predicted octanol–water partition coefficient (Wildman–Crippen LogP) is 0.930. The molecule has 2 heteroatoms. The molecule has 2 N–H and O–H groups in total. The first-order chi connectivity index (χ1) is 5.20. The molecule has 0 radical (unpaired) electrons. The van der Waals surface area contributed by atoms with E-state index in [2.05, 4.69) is 19.1 Å². The maximum absolute atomic E-state index is 11.0. The minimum Gasteiger partial charge on any atom is -0.369 e. The molecule has 2 bridgehead atoms. The molecular formula is C9H13NO. The second kappa shape index (κ2) is 2.10. The summed E-state index contributed by atoms with van der Waals surface area (Å²) in [5.41, 5.74) is 5.30. The van der Waals surface area contributed by atoms with Crippen molar-refractivity contribution in [3.05, 3.63) is 12.2 Å². The first-order valence-electron chi connectivity index (χ1n) is 4.18. The Kier molecular flexibility index (Phi) is 1.31. The average molecular weight is 151 g/mol. The predicted molar refractivity (Wildman–Crippen MR) is 42.6 cm³/mol. The number of hydrogen-bond donors (Lipinski definition) is 1. The second-order valence-electron chi connectivity index (χ2n) is 3.74. The van der Waals surface area contributed by atoms with Crippen LogP contribution in [0.2, 0.25) is 0 Å². The zero-order chi connectivity index (χ0) is 8.01. The second-order valence-corrected chi connectivity index (χ2v) is 3.74. The van der Waals surface area contributed by atoms with Crippen LogP contribution in [0.3, 0.4) is 0 Å². The molecule has 0 heterocycles. The van der Waals surface area contributed by atoms with Crippen LogP contribution in [0.15, 0.2) is 12.2 Å². The van der Waals surface area contributed by atoms with Crippen LogP contribution < -0.4 is 5.73 Å². The minimum absolute atomic E-state index is 0.116. The number of rotatable bonds is 1. The quantitative estimate of drug-likeness (QED) is 0.556. The summed E-state index contributed by atoms with van der Waals surface area (Å²) in [4.78, 5) is 11.0. The number of fused-ring (bicyclic) bond motifs is 2. The fraction of sp³-hybridized carbons (Fsp3) is 0.667. The van der Waals surface area contributed by atoms with E-state index in [1.165, 1.54) is 0 Å². The third kappa shape index (κ3) is 0.817. The number of amides is 1. The molecule has 0 saturated heterocycles. The van der Waals surface area contributed by atoms with E-state index in [0.29, 0.717) is 17.8 Å². The van der Waals surface area contributed by atoms with Crippen LogP contribution in [0.5, 0.6) is 0 Å². The molecular weight excluding hydrogens is 138 g/mol. The third-order valence-corrected chi connectivity index (χ3v) is 3.18. The van der Waals surface area contributed by atoms with Gasteiger partial charge in [-0.25, -0.2) is 0 Å².